The van der Waals surface area contributed by atoms with Crippen LogP contribution in [0.1, 0.15) is 33.7 Å². The minimum Gasteiger partial charge on any atom is -0.327 e. The standard InChI is InChI=1S/C21H18N6O3/c28-19(17-10-16(25-26-17)12-3-1-7-22-11-12)23-13-5-6-15-14(9-13)21(30)27-8-2-4-18(27)20(29)24-15/h1,3,5-7,9-11,18H,2,4,8H2,(H,23,28)(H,24,29)(H,25,26)/t18-/m0/s1. The third kappa shape index (κ3) is 3.10. The van der Waals surface area contributed by atoms with E-state index in [0.717, 1.165) is 12.0 Å². The summed E-state index contributed by atoms with van der Waals surface area (Å²) in [5.41, 5.74) is 2.95. The Balaban J connectivity index is 1.38. The maximum absolute atomic E-state index is 12.9. The zero-order valence-corrected chi connectivity index (χ0v) is 15.9. The summed E-state index contributed by atoms with van der Waals surface area (Å²) in [6.07, 6.45) is 4.79. The lowest BCUT2D eigenvalue weighted by molar-refractivity contribution is -0.119. The van der Waals surface area contributed by atoms with Crippen LogP contribution in [0.15, 0.2) is 48.8 Å². The molecule has 1 atom stereocenters. The molecule has 2 aromatic heterocycles. The summed E-state index contributed by atoms with van der Waals surface area (Å²) in [5, 5.41) is 12.5. The number of carbonyl (C=O) groups is 3. The molecule has 0 saturated carbocycles. The summed E-state index contributed by atoms with van der Waals surface area (Å²) in [4.78, 5) is 43.6. The van der Waals surface area contributed by atoms with E-state index in [1.54, 1.807) is 47.6 Å². The number of benzene rings is 1. The Labute approximate surface area is 171 Å². The van der Waals surface area contributed by atoms with Crippen molar-refractivity contribution >= 4 is 29.1 Å². The van der Waals surface area contributed by atoms with Crippen LogP contribution in [0, 0.1) is 0 Å². The fraction of sp³-hybridized carbons (Fsp3) is 0.190. The van der Waals surface area contributed by atoms with E-state index in [1.165, 1.54) is 0 Å². The smallest absolute Gasteiger partial charge is 0.273 e. The molecule has 1 aromatic carbocycles. The fourth-order valence-corrected chi connectivity index (χ4v) is 3.86. The third-order valence-corrected chi connectivity index (χ3v) is 5.36. The van der Waals surface area contributed by atoms with E-state index >= 15 is 0 Å². The van der Waals surface area contributed by atoms with Gasteiger partial charge < -0.3 is 15.5 Å². The Morgan fingerprint density at radius 1 is 1.20 bits per heavy atom. The molecule has 0 bridgehead atoms. The maximum Gasteiger partial charge on any atom is 0.273 e. The first-order valence-electron chi connectivity index (χ1n) is 9.63. The number of aromatic amines is 1. The van der Waals surface area contributed by atoms with Gasteiger partial charge >= 0.3 is 0 Å². The number of H-pyrrole nitrogens is 1. The minimum atomic E-state index is -0.432. The van der Waals surface area contributed by atoms with Gasteiger partial charge in [-0.15, -0.1) is 0 Å². The average Bonchev–Trinajstić information content (AvgIpc) is 3.43. The van der Waals surface area contributed by atoms with Gasteiger partial charge in [-0.05, 0) is 49.2 Å². The molecule has 3 aromatic rings. The summed E-state index contributed by atoms with van der Waals surface area (Å²) >= 11 is 0. The summed E-state index contributed by atoms with van der Waals surface area (Å²) in [6, 6.07) is 9.73. The van der Waals surface area contributed by atoms with Gasteiger partial charge in [0.25, 0.3) is 11.8 Å². The van der Waals surface area contributed by atoms with E-state index in [9.17, 15) is 14.4 Å². The van der Waals surface area contributed by atoms with E-state index < -0.39 is 6.04 Å². The highest BCUT2D eigenvalue weighted by Gasteiger charge is 2.38. The van der Waals surface area contributed by atoms with E-state index in [2.05, 4.69) is 25.8 Å². The van der Waals surface area contributed by atoms with Crippen molar-refractivity contribution in [2.45, 2.75) is 18.9 Å². The second-order valence-corrected chi connectivity index (χ2v) is 7.27. The van der Waals surface area contributed by atoms with Crippen LogP contribution in [0.2, 0.25) is 0 Å². The van der Waals surface area contributed by atoms with Crippen LogP contribution < -0.4 is 10.6 Å². The van der Waals surface area contributed by atoms with Gasteiger partial charge in [0, 0.05) is 30.2 Å². The van der Waals surface area contributed by atoms with Gasteiger partial charge in [-0.25, -0.2) is 0 Å². The highest BCUT2D eigenvalue weighted by Crippen LogP contribution is 2.30. The molecule has 2 aliphatic rings. The lowest BCUT2D eigenvalue weighted by Crippen LogP contribution is -2.40. The molecular formula is C21H18N6O3. The van der Waals surface area contributed by atoms with Gasteiger partial charge in [-0.3, -0.25) is 24.5 Å². The molecule has 9 nitrogen and oxygen atoms in total. The molecule has 150 valence electrons. The third-order valence-electron chi connectivity index (χ3n) is 5.36. The Morgan fingerprint density at radius 2 is 2.10 bits per heavy atom. The maximum atomic E-state index is 12.9. The number of hydrogen-bond donors (Lipinski definition) is 3. The van der Waals surface area contributed by atoms with Crippen molar-refractivity contribution in [3.05, 3.63) is 60.0 Å². The number of rotatable bonds is 3. The summed E-state index contributed by atoms with van der Waals surface area (Å²) in [7, 11) is 0. The Hall–Kier alpha value is -4.01. The van der Waals surface area contributed by atoms with E-state index in [1.807, 2.05) is 6.07 Å². The Bertz CT molecular complexity index is 1160. The zero-order chi connectivity index (χ0) is 20.7. The number of fused-ring (bicyclic) bond motifs is 2. The molecule has 9 heteroatoms. The normalized spacial score (nSPS) is 17.7. The number of pyridine rings is 1. The van der Waals surface area contributed by atoms with Crippen molar-refractivity contribution in [3.8, 4) is 11.3 Å². The average molecular weight is 402 g/mol. The first-order chi connectivity index (χ1) is 14.6. The first-order valence-corrected chi connectivity index (χ1v) is 9.63. The molecule has 0 aliphatic carbocycles. The van der Waals surface area contributed by atoms with Gasteiger partial charge in [-0.1, -0.05) is 0 Å². The summed E-state index contributed by atoms with van der Waals surface area (Å²) in [6.45, 7) is 0.554. The van der Waals surface area contributed by atoms with Crippen molar-refractivity contribution in [1.82, 2.24) is 20.1 Å². The van der Waals surface area contributed by atoms with E-state index in [-0.39, 0.29) is 23.4 Å². The molecule has 4 heterocycles. The van der Waals surface area contributed by atoms with Crippen LogP contribution in [-0.2, 0) is 4.79 Å². The van der Waals surface area contributed by atoms with Gasteiger partial charge in [0.05, 0.1) is 16.9 Å². The predicted molar refractivity (Wildman–Crippen MR) is 109 cm³/mol. The number of nitrogens with zero attached hydrogens (tertiary/aromatic N) is 3. The molecule has 3 N–H and O–H groups in total. The highest BCUT2D eigenvalue weighted by atomic mass is 16.2. The lowest BCUT2D eigenvalue weighted by atomic mass is 10.1. The molecule has 2 aliphatic heterocycles. The number of nitrogens with one attached hydrogen (secondary N) is 3. The molecule has 30 heavy (non-hydrogen) atoms. The molecule has 0 spiro atoms. The number of amides is 3. The molecule has 0 radical (unpaired) electrons. The fourth-order valence-electron chi connectivity index (χ4n) is 3.86. The summed E-state index contributed by atoms with van der Waals surface area (Å²) < 4.78 is 0. The molecule has 3 amide bonds. The van der Waals surface area contributed by atoms with Crippen molar-refractivity contribution < 1.29 is 14.4 Å². The van der Waals surface area contributed by atoms with Crippen LogP contribution in [-0.4, -0.2) is 50.4 Å². The van der Waals surface area contributed by atoms with Crippen molar-refractivity contribution in [2.75, 3.05) is 17.2 Å². The molecule has 1 fully saturated rings. The largest absolute Gasteiger partial charge is 0.327 e. The van der Waals surface area contributed by atoms with E-state index in [4.69, 9.17) is 0 Å². The Morgan fingerprint density at radius 3 is 2.93 bits per heavy atom. The first kappa shape index (κ1) is 18.0. The molecule has 5 rings (SSSR count). The monoisotopic (exact) mass is 402 g/mol. The van der Waals surface area contributed by atoms with Crippen molar-refractivity contribution in [2.24, 2.45) is 0 Å². The quantitative estimate of drug-likeness (QED) is 0.621. The van der Waals surface area contributed by atoms with Crippen LogP contribution in [0.3, 0.4) is 0 Å². The minimum absolute atomic E-state index is 0.170. The predicted octanol–water partition coefficient (Wildman–Crippen LogP) is 2.28. The van der Waals surface area contributed by atoms with Crippen LogP contribution in [0.5, 0.6) is 0 Å². The van der Waals surface area contributed by atoms with Crippen LogP contribution in [0.25, 0.3) is 11.3 Å². The topological polar surface area (TPSA) is 120 Å². The van der Waals surface area contributed by atoms with Gasteiger partial charge in [0.2, 0.25) is 5.91 Å². The van der Waals surface area contributed by atoms with Crippen molar-refractivity contribution in [1.29, 1.82) is 0 Å². The zero-order valence-electron chi connectivity index (χ0n) is 15.9. The van der Waals surface area contributed by atoms with Crippen molar-refractivity contribution in [3.63, 3.8) is 0 Å². The second kappa shape index (κ2) is 7.11. The molecule has 1 saturated heterocycles. The number of aromatic nitrogens is 3. The number of anilines is 2. The van der Waals surface area contributed by atoms with Gasteiger partial charge in [-0.2, -0.15) is 5.10 Å². The highest BCUT2D eigenvalue weighted by molar-refractivity contribution is 6.11. The summed E-state index contributed by atoms with van der Waals surface area (Å²) in [5.74, 6) is -0.763. The molecular weight excluding hydrogens is 384 g/mol. The van der Waals surface area contributed by atoms with Gasteiger partial charge in [0.15, 0.2) is 0 Å². The van der Waals surface area contributed by atoms with Gasteiger partial charge in [0.1, 0.15) is 11.7 Å². The lowest BCUT2D eigenvalue weighted by Gasteiger charge is -2.20. The molecule has 0 unspecified atom stereocenters. The van der Waals surface area contributed by atoms with Crippen LogP contribution in [0.4, 0.5) is 11.4 Å². The van der Waals surface area contributed by atoms with Crippen LogP contribution >= 0.6 is 0 Å². The Kier molecular flexibility index (Phi) is 4.27. The second-order valence-electron chi connectivity index (χ2n) is 7.27. The number of carbonyl (C=O) groups excluding carboxylic acids is 3. The SMILES string of the molecule is O=C(Nc1ccc2c(c1)C(=O)N1CCC[C@H]1C(=O)N2)c1cc(-c2cccnc2)n[nH]1. The number of hydrogen-bond acceptors (Lipinski definition) is 5. The van der Waals surface area contributed by atoms with E-state index in [0.29, 0.717) is 35.6 Å².